The molecule has 2 aliphatic rings. The number of amides is 1. The van der Waals surface area contributed by atoms with Crippen LogP contribution >= 0.6 is 11.6 Å². The van der Waals surface area contributed by atoms with Gasteiger partial charge in [0.05, 0.1) is 0 Å². The van der Waals surface area contributed by atoms with Crippen LogP contribution in [0.15, 0.2) is 24.3 Å². The number of benzene rings is 1. The fraction of sp³-hybridized carbons (Fsp3) is 0.562. The molecule has 1 N–H and O–H groups in total. The van der Waals surface area contributed by atoms with Crippen molar-refractivity contribution in [2.45, 2.75) is 31.9 Å². The molecule has 0 aliphatic carbocycles. The molecule has 3 atom stereocenters. The Balaban J connectivity index is 1.60. The Bertz CT molecular complexity index is 509. The number of hydrogen-bond donors (Lipinski definition) is 1. The smallest absolute Gasteiger partial charge is 0.263 e. The van der Waals surface area contributed by atoms with Crippen LogP contribution in [0.3, 0.4) is 0 Å². The third kappa shape index (κ3) is 3.33. The van der Waals surface area contributed by atoms with Gasteiger partial charge in [-0.15, -0.1) is 0 Å². The number of nitrogens with zero attached hydrogens (tertiary/aromatic N) is 1. The molecule has 0 spiro atoms. The maximum absolute atomic E-state index is 12.5. The summed E-state index contributed by atoms with van der Waals surface area (Å²) in [6.45, 7) is 4.52. The number of nitrogens with one attached hydrogen (secondary N) is 1. The highest BCUT2D eigenvalue weighted by Gasteiger charge is 2.37. The van der Waals surface area contributed by atoms with E-state index in [1.807, 2.05) is 17.0 Å². The monoisotopic (exact) mass is 308 g/mol. The minimum absolute atomic E-state index is 0.0613. The lowest BCUT2D eigenvalue weighted by Gasteiger charge is -2.24. The van der Waals surface area contributed by atoms with Crippen LogP contribution in [0.2, 0.25) is 5.02 Å². The van der Waals surface area contributed by atoms with E-state index in [0.717, 1.165) is 19.6 Å². The second-order valence-corrected chi connectivity index (χ2v) is 6.36. The largest absolute Gasteiger partial charge is 0.481 e. The van der Waals surface area contributed by atoms with Gasteiger partial charge < -0.3 is 15.0 Å². The van der Waals surface area contributed by atoms with Crippen LogP contribution in [0, 0.1) is 5.92 Å². The topological polar surface area (TPSA) is 41.6 Å². The summed E-state index contributed by atoms with van der Waals surface area (Å²) in [6.07, 6.45) is 1.94. The lowest BCUT2D eigenvalue weighted by molar-refractivity contribution is -0.137. The van der Waals surface area contributed by atoms with Gasteiger partial charge in [-0.2, -0.15) is 0 Å². The quantitative estimate of drug-likeness (QED) is 0.932. The molecule has 0 radical (unpaired) electrons. The second-order valence-electron chi connectivity index (χ2n) is 5.92. The Hall–Kier alpha value is -1.26. The Morgan fingerprint density at radius 2 is 2.33 bits per heavy atom. The van der Waals surface area contributed by atoms with E-state index in [2.05, 4.69) is 5.32 Å². The number of carbonyl (C=O) groups is 1. The molecule has 3 rings (SSSR count). The average Bonchev–Trinajstić information content (AvgIpc) is 2.90. The maximum Gasteiger partial charge on any atom is 0.263 e. The van der Waals surface area contributed by atoms with Crippen molar-refractivity contribution in [3.63, 3.8) is 0 Å². The van der Waals surface area contributed by atoms with E-state index in [4.69, 9.17) is 16.3 Å². The SMILES string of the molecule is CC(Oc1cccc(Cl)c1)C(=O)N1C[C@@H]2CCCN[C@@H]2C1. The van der Waals surface area contributed by atoms with Crippen molar-refractivity contribution in [1.29, 1.82) is 0 Å². The summed E-state index contributed by atoms with van der Waals surface area (Å²) in [7, 11) is 0. The summed E-state index contributed by atoms with van der Waals surface area (Å²) < 4.78 is 5.73. The van der Waals surface area contributed by atoms with Gasteiger partial charge in [-0.3, -0.25) is 4.79 Å². The van der Waals surface area contributed by atoms with E-state index in [-0.39, 0.29) is 5.91 Å². The minimum Gasteiger partial charge on any atom is -0.481 e. The normalized spacial score (nSPS) is 26.3. The van der Waals surface area contributed by atoms with Gasteiger partial charge in [-0.1, -0.05) is 17.7 Å². The number of likely N-dealkylation sites (tertiary alicyclic amines) is 1. The molecule has 2 heterocycles. The molecule has 0 bridgehead atoms. The summed E-state index contributed by atoms with van der Waals surface area (Å²) in [5, 5.41) is 4.12. The van der Waals surface area contributed by atoms with E-state index in [1.54, 1.807) is 19.1 Å². The fourth-order valence-electron chi connectivity index (χ4n) is 3.28. The molecular weight excluding hydrogens is 288 g/mol. The molecule has 114 valence electrons. The zero-order valence-corrected chi connectivity index (χ0v) is 13.0. The van der Waals surface area contributed by atoms with E-state index in [1.165, 1.54) is 12.8 Å². The maximum atomic E-state index is 12.5. The lowest BCUT2D eigenvalue weighted by atomic mass is 9.94. The van der Waals surface area contributed by atoms with Crippen molar-refractivity contribution in [1.82, 2.24) is 10.2 Å². The highest BCUT2D eigenvalue weighted by Crippen LogP contribution is 2.26. The molecule has 0 aromatic heterocycles. The zero-order valence-electron chi connectivity index (χ0n) is 12.2. The number of halogens is 1. The van der Waals surface area contributed by atoms with Crippen molar-refractivity contribution in [3.05, 3.63) is 29.3 Å². The van der Waals surface area contributed by atoms with Gasteiger partial charge in [0.2, 0.25) is 0 Å². The summed E-state index contributed by atoms with van der Waals surface area (Å²) in [4.78, 5) is 14.5. The van der Waals surface area contributed by atoms with E-state index < -0.39 is 6.10 Å². The summed E-state index contributed by atoms with van der Waals surface area (Å²) in [5.41, 5.74) is 0. The van der Waals surface area contributed by atoms with Crippen molar-refractivity contribution in [2.75, 3.05) is 19.6 Å². The predicted octanol–water partition coefficient (Wildman–Crippen LogP) is 2.32. The van der Waals surface area contributed by atoms with Gasteiger partial charge in [0.25, 0.3) is 5.91 Å². The van der Waals surface area contributed by atoms with E-state index in [9.17, 15) is 4.79 Å². The van der Waals surface area contributed by atoms with Crippen molar-refractivity contribution in [2.24, 2.45) is 5.92 Å². The standard InChI is InChI=1S/C16H21ClN2O2/c1-11(21-14-6-2-5-13(17)8-14)16(20)19-9-12-4-3-7-18-15(12)10-19/h2,5-6,8,11-12,15,18H,3-4,7,9-10H2,1H3/t11?,12-,15+/m0/s1. The number of piperidine rings is 1. The average molecular weight is 309 g/mol. The number of carbonyl (C=O) groups excluding carboxylic acids is 1. The third-order valence-electron chi connectivity index (χ3n) is 4.37. The van der Waals surface area contributed by atoms with Crippen LogP contribution in [0.4, 0.5) is 0 Å². The summed E-state index contributed by atoms with van der Waals surface area (Å²) in [5.74, 6) is 1.30. The second kappa shape index (κ2) is 6.24. The lowest BCUT2D eigenvalue weighted by Crippen LogP contribution is -2.42. The van der Waals surface area contributed by atoms with E-state index >= 15 is 0 Å². The number of hydrogen-bond acceptors (Lipinski definition) is 3. The highest BCUT2D eigenvalue weighted by molar-refractivity contribution is 6.30. The molecule has 4 nitrogen and oxygen atoms in total. The third-order valence-corrected chi connectivity index (χ3v) is 4.60. The minimum atomic E-state index is -0.483. The Morgan fingerprint density at radius 3 is 3.10 bits per heavy atom. The van der Waals surface area contributed by atoms with Crippen molar-refractivity contribution < 1.29 is 9.53 Å². The first kappa shape index (κ1) is 14.7. The molecule has 21 heavy (non-hydrogen) atoms. The highest BCUT2D eigenvalue weighted by atomic mass is 35.5. The molecule has 1 amide bonds. The Morgan fingerprint density at radius 1 is 1.48 bits per heavy atom. The first-order valence-electron chi connectivity index (χ1n) is 7.58. The molecule has 0 saturated carbocycles. The predicted molar refractivity (Wildman–Crippen MR) is 82.6 cm³/mol. The van der Waals surface area contributed by atoms with Gasteiger partial charge >= 0.3 is 0 Å². The van der Waals surface area contributed by atoms with Gasteiger partial charge in [0.15, 0.2) is 6.10 Å². The molecular formula is C16H21ClN2O2. The molecule has 2 fully saturated rings. The molecule has 1 unspecified atom stereocenters. The number of ether oxygens (including phenoxy) is 1. The van der Waals surface area contributed by atoms with Crippen molar-refractivity contribution in [3.8, 4) is 5.75 Å². The number of fused-ring (bicyclic) bond motifs is 1. The summed E-state index contributed by atoms with van der Waals surface area (Å²) in [6, 6.07) is 7.62. The number of rotatable bonds is 3. The molecule has 1 aromatic carbocycles. The first-order valence-corrected chi connectivity index (χ1v) is 7.95. The molecule has 2 aliphatic heterocycles. The van der Waals surface area contributed by atoms with Gasteiger partial charge in [-0.25, -0.2) is 0 Å². The fourth-order valence-corrected chi connectivity index (χ4v) is 3.46. The van der Waals surface area contributed by atoms with Gasteiger partial charge in [-0.05, 0) is 50.4 Å². The molecule has 5 heteroatoms. The van der Waals surface area contributed by atoms with Crippen LogP contribution < -0.4 is 10.1 Å². The zero-order chi connectivity index (χ0) is 14.8. The Kier molecular flexibility index (Phi) is 4.36. The molecule has 2 saturated heterocycles. The first-order chi connectivity index (χ1) is 10.1. The van der Waals surface area contributed by atoms with Gasteiger partial charge in [0.1, 0.15) is 5.75 Å². The van der Waals surface area contributed by atoms with Crippen LogP contribution in [0.25, 0.3) is 0 Å². The van der Waals surface area contributed by atoms with Crippen LogP contribution in [0.1, 0.15) is 19.8 Å². The van der Waals surface area contributed by atoms with Crippen LogP contribution in [-0.4, -0.2) is 42.6 Å². The van der Waals surface area contributed by atoms with Crippen LogP contribution in [-0.2, 0) is 4.79 Å². The van der Waals surface area contributed by atoms with E-state index in [0.29, 0.717) is 22.7 Å². The Labute approximate surface area is 130 Å². The van der Waals surface area contributed by atoms with Gasteiger partial charge in [0, 0.05) is 24.2 Å². The summed E-state index contributed by atoms with van der Waals surface area (Å²) >= 11 is 5.93. The van der Waals surface area contributed by atoms with Crippen molar-refractivity contribution >= 4 is 17.5 Å². The molecule has 1 aromatic rings. The van der Waals surface area contributed by atoms with Crippen LogP contribution in [0.5, 0.6) is 5.75 Å².